The Balaban J connectivity index is 2.39. The Morgan fingerprint density at radius 2 is 2.24 bits per heavy atom. The molecule has 90 valence electrons. The fourth-order valence-corrected chi connectivity index (χ4v) is 1.80. The molecule has 0 atom stereocenters. The van der Waals surface area contributed by atoms with E-state index in [1.54, 1.807) is 10.9 Å². The van der Waals surface area contributed by atoms with Crippen LogP contribution in [0, 0.1) is 0 Å². The lowest BCUT2D eigenvalue weighted by Gasteiger charge is -2.02. The van der Waals surface area contributed by atoms with Gasteiger partial charge in [0, 0.05) is 24.5 Å². The summed E-state index contributed by atoms with van der Waals surface area (Å²) in [7, 11) is 0. The highest BCUT2D eigenvalue weighted by atomic mass is 79.9. The number of nitrogens with one attached hydrogen (secondary N) is 1. The Hall–Kier alpha value is -1.63. The van der Waals surface area contributed by atoms with E-state index in [0.29, 0.717) is 4.47 Å². The second-order valence-corrected chi connectivity index (χ2v) is 4.39. The predicted octanol–water partition coefficient (Wildman–Crippen LogP) is 0.564. The molecule has 0 aliphatic carbocycles. The quantitative estimate of drug-likeness (QED) is 0.900. The third-order valence-electron chi connectivity index (χ3n) is 2.37. The Labute approximate surface area is 105 Å². The molecule has 0 aliphatic heterocycles. The van der Waals surface area contributed by atoms with Crippen LogP contribution in [0.4, 0.5) is 0 Å². The highest BCUT2D eigenvalue weighted by Crippen LogP contribution is 2.00. The van der Waals surface area contributed by atoms with E-state index >= 15 is 0 Å². The summed E-state index contributed by atoms with van der Waals surface area (Å²) in [5.41, 5.74) is 0.0398. The Kier molecular flexibility index (Phi) is 3.28. The lowest BCUT2D eigenvalue weighted by molar-refractivity contribution is 0.655. The maximum Gasteiger partial charge on any atom is 0.328 e. The van der Waals surface area contributed by atoms with Crippen LogP contribution in [0.3, 0.4) is 0 Å². The lowest BCUT2D eigenvalue weighted by Crippen LogP contribution is -2.35. The van der Waals surface area contributed by atoms with E-state index in [0.717, 1.165) is 16.7 Å². The number of rotatable bonds is 3. The molecule has 17 heavy (non-hydrogen) atoms. The van der Waals surface area contributed by atoms with Crippen LogP contribution in [0.25, 0.3) is 0 Å². The fourth-order valence-electron chi connectivity index (χ4n) is 1.47. The highest BCUT2D eigenvalue weighted by molar-refractivity contribution is 9.10. The van der Waals surface area contributed by atoms with Crippen molar-refractivity contribution in [1.82, 2.24) is 19.3 Å². The van der Waals surface area contributed by atoms with Crippen molar-refractivity contribution in [3.63, 3.8) is 0 Å². The minimum Gasteiger partial charge on any atom is -0.313 e. The molecule has 0 aliphatic rings. The van der Waals surface area contributed by atoms with E-state index in [1.807, 2.05) is 13.1 Å². The fraction of sp³-hybridized carbons (Fsp3) is 0.300. The molecule has 1 N–H and O–H groups in total. The number of aromatic nitrogens is 4. The van der Waals surface area contributed by atoms with Crippen LogP contribution in [-0.2, 0) is 13.1 Å². The van der Waals surface area contributed by atoms with Crippen LogP contribution in [0.5, 0.6) is 0 Å². The summed E-state index contributed by atoms with van der Waals surface area (Å²) in [4.78, 5) is 25.8. The van der Waals surface area contributed by atoms with Crippen molar-refractivity contribution >= 4 is 15.9 Å². The molecule has 0 spiro atoms. The lowest BCUT2D eigenvalue weighted by atomic mass is 10.3. The van der Waals surface area contributed by atoms with Crippen molar-refractivity contribution in [1.29, 1.82) is 0 Å². The van der Waals surface area contributed by atoms with Crippen LogP contribution in [0.1, 0.15) is 12.5 Å². The largest absolute Gasteiger partial charge is 0.328 e. The summed E-state index contributed by atoms with van der Waals surface area (Å²) in [5, 5.41) is 4.09. The first-order valence-electron chi connectivity index (χ1n) is 5.11. The molecule has 2 rings (SSSR count). The van der Waals surface area contributed by atoms with Gasteiger partial charge in [0.2, 0.25) is 0 Å². The van der Waals surface area contributed by atoms with Crippen LogP contribution >= 0.6 is 15.9 Å². The van der Waals surface area contributed by atoms with Crippen molar-refractivity contribution < 1.29 is 0 Å². The summed E-state index contributed by atoms with van der Waals surface area (Å²) in [6.07, 6.45) is 4.81. The molecule has 0 aromatic carbocycles. The van der Waals surface area contributed by atoms with Gasteiger partial charge in [-0.3, -0.25) is 14.0 Å². The monoisotopic (exact) mass is 298 g/mol. The minimum absolute atomic E-state index is 0.216. The first kappa shape index (κ1) is 11.8. The zero-order chi connectivity index (χ0) is 12.4. The van der Waals surface area contributed by atoms with E-state index in [2.05, 4.69) is 26.0 Å². The molecule has 0 unspecified atom stereocenters. The maximum absolute atomic E-state index is 11.7. The van der Waals surface area contributed by atoms with Gasteiger partial charge in [-0.1, -0.05) is 0 Å². The predicted molar refractivity (Wildman–Crippen MR) is 66.0 cm³/mol. The van der Waals surface area contributed by atoms with Crippen molar-refractivity contribution in [3.05, 3.63) is 49.5 Å². The Morgan fingerprint density at radius 3 is 2.88 bits per heavy atom. The first-order valence-corrected chi connectivity index (χ1v) is 5.90. The number of H-pyrrole nitrogens is 1. The number of halogens is 1. The van der Waals surface area contributed by atoms with E-state index in [-0.39, 0.29) is 12.1 Å². The second kappa shape index (κ2) is 4.70. The number of hydrogen-bond donors (Lipinski definition) is 1. The average molecular weight is 299 g/mol. The smallest absolute Gasteiger partial charge is 0.313 e. The molecule has 2 aromatic rings. The van der Waals surface area contributed by atoms with E-state index < -0.39 is 5.69 Å². The van der Waals surface area contributed by atoms with Gasteiger partial charge in [0.05, 0.1) is 17.2 Å². The van der Waals surface area contributed by atoms with Crippen molar-refractivity contribution in [2.45, 2.75) is 20.0 Å². The van der Waals surface area contributed by atoms with Crippen molar-refractivity contribution in [2.24, 2.45) is 0 Å². The molecule has 0 amide bonds. The summed E-state index contributed by atoms with van der Waals surface area (Å²) in [6, 6.07) is 0. The van der Waals surface area contributed by atoms with Gasteiger partial charge in [-0.15, -0.1) is 0 Å². The van der Waals surface area contributed by atoms with Crippen molar-refractivity contribution in [2.75, 3.05) is 0 Å². The van der Waals surface area contributed by atoms with Gasteiger partial charge in [0.25, 0.3) is 5.56 Å². The van der Waals surface area contributed by atoms with Gasteiger partial charge in [0.15, 0.2) is 0 Å². The third kappa shape index (κ3) is 2.38. The SMILES string of the molecule is CCn1cc(Cn2c(=O)[nH]cc(Br)c2=O)cn1. The molecular weight excluding hydrogens is 288 g/mol. The van der Waals surface area contributed by atoms with Crippen LogP contribution in [-0.4, -0.2) is 19.3 Å². The van der Waals surface area contributed by atoms with E-state index in [1.165, 1.54) is 6.20 Å². The van der Waals surface area contributed by atoms with Gasteiger partial charge >= 0.3 is 5.69 Å². The van der Waals surface area contributed by atoms with Gasteiger partial charge in [-0.25, -0.2) is 4.79 Å². The topological polar surface area (TPSA) is 72.7 Å². The molecule has 0 saturated heterocycles. The standard InChI is InChI=1S/C10H11BrN4O2/c1-2-14-5-7(3-13-14)6-15-9(16)8(11)4-12-10(15)17/h3-5H,2,6H2,1H3,(H,12,17). The van der Waals surface area contributed by atoms with Crippen LogP contribution in [0.2, 0.25) is 0 Å². The third-order valence-corrected chi connectivity index (χ3v) is 2.94. The van der Waals surface area contributed by atoms with Gasteiger partial charge in [-0.2, -0.15) is 5.10 Å². The minimum atomic E-state index is -0.428. The summed E-state index contributed by atoms with van der Waals surface area (Å²) < 4.78 is 3.20. The van der Waals surface area contributed by atoms with Gasteiger partial charge in [0.1, 0.15) is 0 Å². The molecule has 7 heteroatoms. The van der Waals surface area contributed by atoms with Gasteiger partial charge in [-0.05, 0) is 22.9 Å². The number of hydrogen-bond acceptors (Lipinski definition) is 3. The van der Waals surface area contributed by atoms with E-state index in [9.17, 15) is 9.59 Å². The maximum atomic E-state index is 11.7. The molecule has 0 saturated carbocycles. The molecule has 0 fully saturated rings. The van der Waals surface area contributed by atoms with E-state index in [4.69, 9.17) is 0 Å². The zero-order valence-electron chi connectivity index (χ0n) is 9.18. The van der Waals surface area contributed by atoms with Crippen molar-refractivity contribution in [3.8, 4) is 0 Å². The van der Waals surface area contributed by atoms with Crippen LogP contribution in [0.15, 0.2) is 32.7 Å². The average Bonchev–Trinajstić information content (AvgIpc) is 2.77. The summed E-state index contributed by atoms with van der Waals surface area (Å²) >= 11 is 3.09. The Morgan fingerprint density at radius 1 is 1.47 bits per heavy atom. The number of aryl methyl sites for hydroxylation is 1. The zero-order valence-corrected chi connectivity index (χ0v) is 10.8. The molecule has 2 heterocycles. The molecule has 0 bridgehead atoms. The Bertz CT molecular complexity index is 640. The molecule has 2 aromatic heterocycles. The highest BCUT2D eigenvalue weighted by Gasteiger charge is 2.07. The normalized spacial score (nSPS) is 10.7. The number of nitrogens with zero attached hydrogens (tertiary/aromatic N) is 3. The molecule has 0 radical (unpaired) electrons. The first-order chi connectivity index (χ1) is 8.11. The molecule has 6 nitrogen and oxygen atoms in total. The second-order valence-electron chi connectivity index (χ2n) is 3.54. The summed E-state index contributed by atoms with van der Waals surface area (Å²) in [5.74, 6) is 0. The molecular formula is C10H11BrN4O2. The van der Waals surface area contributed by atoms with Gasteiger partial charge < -0.3 is 4.98 Å². The number of aromatic amines is 1. The van der Waals surface area contributed by atoms with Crippen LogP contribution < -0.4 is 11.2 Å². The summed E-state index contributed by atoms with van der Waals surface area (Å²) in [6.45, 7) is 2.94.